The minimum atomic E-state index is -3.60. The highest BCUT2D eigenvalue weighted by Crippen LogP contribution is 2.42. The standard InChI is InChI=1S/C46H54F3N9O9/c1-55-36-24-51-38(23-35(36)57(28-8-3-4-9-28)26-46(48,49)45(55)64)53-33-22-31(47)30(21-37(33)65-2)41(60)52-27-7-6-15-56(25-27)16-18-67-20-19-66-17-14-50-32-11-5-10-29-40(32)44(63)58(43(29)62)34-12-13-39(59)54-42(34)61/h5,10-11,21-24,27-28,34,50H,3-4,6-9,12-20,25-26H2,1-2H3,(H,51,53)(H,52,60)(H,54,59,61). The predicted molar refractivity (Wildman–Crippen MR) is 239 cm³/mol. The Bertz CT molecular complexity index is 2420. The van der Waals surface area contributed by atoms with Crippen LogP contribution in [-0.4, -0.2) is 148 Å². The normalized spacial score (nSPS) is 21.0. The van der Waals surface area contributed by atoms with Crippen LogP contribution in [0.1, 0.15) is 82.4 Å². The number of carbonyl (C=O) groups excluding carboxylic acids is 6. The van der Waals surface area contributed by atoms with Gasteiger partial charge in [0.1, 0.15) is 23.4 Å². The first-order chi connectivity index (χ1) is 32.2. The van der Waals surface area contributed by atoms with Gasteiger partial charge < -0.3 is 40.0 Å². The third-order valence-corrected chi connectivity index (χ3v) is 12.9. The Labute approximate surface area is 384 Å². The number of amides is 6. The fourth-order valence-electron chi connectivity index (χ4n) is 9.46. The average Bonchev–Trinajstić information content (AvgIpc) is 3.92. The lowest BCUT2D eigenvalue weighted by Crippen LogP contribution is -2.54. The maximum atomic E-state index is 15.7. The Morgan fingerprint density at radius 2 is 1.70 bits per heavy atom. The molecule has 0 radical (unpaired) electrons. The number of aromatic nitrogens is 1. The van der Waals surface area contributed by atoms with E-state index >= 15 is 13.2 Å². The Morgan fingerprint density at radius 1 is 0.925 bits per heavy atom. The number of anilines is 5. The summed E-state index contributed by atoms with van der Waals surface area (Å²) < 4.78 is 62.9. The maximum Gasteiger partial charge on any atom is 0.342 e. The molecule has 2 atom stereocenters. The van der Waals surface area contributed by atoms with Gasteiger partial charge >= 0.3 is 5.92 Å². The van der Waals surface area contributed by atoms with E-state index in [9.17, 15) is 28.8 Å². The van der Waals surface area contributed by atoms with Crippen LogP contribution in [0.25, 0.3) is 0 Å². The minimum absolute atomic E-state index is 0.0359. The largest absolute Gasteiger partial charge is 0.495 e. The third-order valence-electron chi connectivity index (χ3n) is 12.9. The van der Waals surface area contributed by atoms with Crippen LogP contribution in [0.2, 0.25) is 0 Å². The number of rotatable bonds is 17. The second-order valence-corrected chi connectivity index (χ2v) is 17.3. The zero-order valence-electron chi connectivity index (χ0n) is 37.3. The summed E-state index contributed by atoms with van der Waals surface area (Å²) in [7, 11) is 2.68. The zero-order valence-corrected chi connectivity index (χ0v) is 37.3. The molecule has 4 N–H and O–H groups in total. The molecule has 2 saturated heterocycles. The topological polar surface area (TPSA) is 204 Å². The fourth-order valence-corrected chi connectivity index (χ4v) is 9.46. The van der Waals surface area contributed by atoms with Crippen LogP contribution in [0, 0.1) is 5.82 Å². The van der Waals surface area contributed by atoms with E-state index in [1.165, 1.54) is 32.5 Å². The van der Waals surface area contributed by atoms with Crippen molar-refractivity contribution in [3.63, 3.8) is 0 Å². The lowest BCUT2D eigenvalue weighted by molar-refractivity contribution is -0.140. The van der Waals surface area contributed by atoms with E-state index in [0.29, 0.717) is 70.1 Å². The Kier molecular flexibility index (Phi) is 14.3. The summed E-state index contributed by atoms with van der Waals surface area (Å²) in [5.41, 5.74) is 1.40. The molecule has 4 aliphatic heterocycles. The van der Waals surface area contributed by atoms with Gasteiger partial charge in [0.2, 0.25) is 11.8 Å². The van der Waals surface area contributed by atoms with Crippen LogP contribution >= 0.6 is 0 Å². The highest BCUT2D eigenvalue weighted by Gasteiger charge is 2.49. The molecule has 1 aliphatic carbocycles. The van der Waals surface area contributed by atoms with Crippen LogP contribution < -0.4 is 35.8 Å². The number of halogens is 3. The van der Waals surface area contributed by atoms with Gasteiger partial charge in [-0.3, -0.25) is 43.9 Å². The molecule has 5 aliphatic rings. The van der Waals surface area contributed by atoms with Crippen LogP contribution in [0.4, 0.5) is 41.7 Å². The summed E-state index contributed by atoms with van der Waals surface area (Å²) in [5.74, 6) is -8.24. The molecule has 67 heavy (non-hydrogen) atoms. The number of ether oxygens (including phenoxy) is 3. The van der Waals surface area contributed by atoms with Gasteiger partial charge in [0.15, 0.2) is 0 Å². The van der Waals surface area contributed by atoms with Crippen molar-refractivity contribution < 1.29 is 56.1 Å². The molecule has 1 saturated carbocycles. The summed E-state index contributed by atoms with van der Waals surface area (Å²) in [6.45, 7) is 2.83. The van der Waals surface area contributed by atoms with E-state index in [1.807, 2.05) is 0 Å². The lowest BCUT2D eigenvalue weighted by Gasteiger charge is -2.33. The lowest BCUT2D eigenvalue weighted by atomic mass is 10.0. The molecular formula is C46H54F3N9O9. The number of likely N-dealkylation sites (tertiary alicyclic amines) is 1. The van der Waals surface area contributed by atoms with Crippen molar-refractivity contribution >= 4 is 64.0 Å². The van der Waals surface area contributed by atoms with Gasteiger partial charge in [0.05, 0.1) is 80.0 Å². The number of imide groups is 2. The minimum Gasteiger partial charge on any atom is -0.495 e. The van der Waals surface area contributed by atoms with Crippen molar-refractivity contribution in [2.75, 3.05) is 93.7 Å². The van der Waals surface area contributed by atoms with Gasteiger partial charge in [0.25, 0.3) is 23.6 Å². The van der Waals surface area contributed by atoms with E-state index in [1.54, 1.807) is 23.1 Å². The highest BCUT2D eigenvalue weighted by atomic mass is 19.3. The van der Waals surface area contributed by atoms with Gasteiger partial charge in [-0.2, -0.15) is 8.78 Å². The number of hydrogen-bond acceptors (Lipinski definition) is 14. The number of methoxy groups -OCH3 is 1. The SMILES string of the molecule is COc1cc(C(=O)NC2CCCN(CCOCCOCCNc3cccc4c3C(=O)N(C3CCC(=O)NC3=O)C4=O)C2)c(F)cc1Nc1cc2c(cn1)N(C)C(=O)C(F)(F)CN2C1CCCC1. The molecular weight excluding hydrogens is 880 g/mol. The van der Waals surface area contributed by atoms with Gasteiger partial charge in [0, 0.05) is 63.0 Å². The molecule has 8 rings (SSSR count). The molecule has 5 heterocycles. The highest BCUT2D eigenvalue weighted by molar-refractivity contribution is 6.25. The van der Waals surface area contributed by atoms with Crippen LogP contribution in [0.15, 0.2) is 42.6 Å². The first-order valence-corrected chi connectivity index (χ1v) is 22.6. The molecule has 21 heteroatoms. The summed E-state index contributed by atoms with van der Waals surface area (Å²) in [5, 5.41) is 11.3. The molecule has 3 fully saturated rings. The third kappa shape index (κ3) is 10.2. The molecule has 18 nitrogen and oxygen atoms in total. The number of nitrogens with zero attached hydrogens (tertiary/aromatic N) is 5. The van der Waals surface area contributed by atoms with Crippen molar-refractivity contribution in [1.82, 2.24) is 25.4 Å². The van der Waals surface area contributed by atoms with Gasteiger partial charge in [-0.1, -0.05) is 18.9 Å². The van der Waals surface area contributed by atoms with E-state index in [0.717, 1.165) is 41.7 Å². The number of alkyl halides is 2. The molecule has 0 spiro atoms. The maximum absolute atomic E-state index is 15.7. The van der Waals surface area contributed by atoms with Crippen molar-refractivity contribution in [2.45, 2.75) is 75.4 Å². The Balaban J connectivity index is 0.775. The molecule has 0 bridgehead atoms. The number of nitrogens with one attached hydrogen (secondary N) is 4. The molecule has 3 aromatic rings. The van der Waals surface area contributed by atoms with E-state index in [-0.39, 0.29) is 71.2 Å². The van der Waals surface area contributed by atoms with Crippen molar-refractivity contribution in [3.05, 3.63) is 65.1 Å². The number of benzene rings is 2. The summed E-state index contributed by atoms with van der Waals surface area (Å²) in [6.07, 6.45) is 6.17. The molecule has 2 aromatic carbocycles. The van der Waals surface area contributed by atoms with E-state index in [4.69, 9.17) is 14.2 Å². The van der Waals surface area contributed by atoms with Crippen LogP contribution in [-0.2, 0) is 23.9 Å². The monoisotopic (exact) mass is 933 g/mol. The first kappa shape index (κ1) is 47.2. The zero-order chi connectivity index (χ0) is 47.4. The molecule has 2 unspecified atom stereocenters. The second kappa shape index (κ2) is 20.3. The summed E-state index contributed by atoms with van der Waals surface area (Å²) >= 11 is 0. The molecule has 6 amide bonds. The van der Waals surface area contributed by atoms with Crippen molar-refractivity contribution in [1.29, 1.82) is 0 Å². The van der Waals surface area contributed by atoms with E-state index < -0.39 is 59.8 Å². The number of fused-ring (bicyclic) bond motifs is 2. The quantitative estimate of drug-likeness (QED) is 0.111. The summed E-state index contributed by atoms with van der Waals surface area (Å²) in [4.78, 5) is 86.5. The number of hydrogen-bond donors (Lipinski definition) is 4. The smallest absolute Gasteiger partial charge is 0.342 e. The second-order valence-electron chi connectivity index (χ2n) is 17.3. The first-order valence-electron chi connectivity index (χ1n) is 22.6. The fraction of sp³-hybridized carbons (Fsp3) is 0.500. The van der Waals surface area contributed by atoms with E-state index in [2.05, 4.69) is 31.2 Å². The Morgan fingerprint density at radius 3 is 2.46 bits per heavy atom. The van der Waals surface area contributed by atoms with Crippen molar-refractivity contribution in [3.8, 4) is 5.75 Å². The summed E-state index contributed by atoms with van der Waals surface area (Å²) in [6, 6.07) is 7.38. The van der Waals surface area contributed by atoms with Gasteiger partial charge in [-0.15, -0.1) is 0 Å². The predicted octanol–water partition coefficient (Wildman–Crippen LogP) is 4.07. The average molecular weight is 934 g/mol. The van der Waals surface area contributed by atoms with Crippen molar-refractivity contribution in [2.24, 2.45) is 0 Å². The van der Waals surface area contributed by atoms with Gasteiger partial charge in [-0.25, -0.2) is 9.37 Å². The number of piperidine rings is 2. The van der Waals surface area contributed by atoms with Crippen LogP contribution in [0.3, 0.4) is 0 Å². The molecule has 1 aromatic heterocycles. The Hall–Kier alpha value is -6.32. The van der Waals surface area contributed by atoms with Crippen LogP contribution in [0.5, 0.6) is 5.75 Å². The van der Waals surface area contributed by atoms with Gasteiger partial charge in [-0.05, 0) is 56.8 Å². The number of carbonyl (C=O) groups is 6. The number of pyridine rings is 1. The molecule has 358 valence electrons.